The third-order valence-corrected chi connectivity index (χ3v) is 3.59. The molecule has 1 atom stereocenters. The van der Waals surface area contributed by atoms with Gasteiger partial charge >= 0.3 is 0 Å². The van der Waals surface area contributed by atoms with E-state index >= 15 is 0 Å². The summed E-state index contributed by atoms with van der Waals surface area (Å²) in [5.74, 6) is 0.905. The van der Waals surface area contributed by atoms with Crippen LogP contribution in [0.3, 0.4) is 0 Å². The monoisotopic (exact) mass is 235 g/mol. The number of benzene rings is 1. The van der Waals surface area contributed by atoms with E-state index in [1.54, 1.807) is 0 Å². The maximum absolute atomic E-state index is 9.31. The topological polar surface area (TPSA) is 55.5 Å². The van der Waals surface area contributed by atoms with Crippen LogP contribution < -0.4 is 10.5 Å². The van der Waals surface area contributed by atoms with Crippen LogP contribution in [0.1, 0.15) is 32.3 Å². The van der Waals surface area contributed by atoms with E-state index < -0.39 is 0 Å². The Morgan fingerprint density at radius 1 is 1.35 bits per heavy atom. The van der Waals surface area contributed by atoms with Crippen molar-refractivity contribution >= 4 is 0 Å². The summed E-state index contributed by atoms with van der Waals surface area (Å²) in [5.41, 5.74) is 6.74. The van der Waals surface area contributed by atoms with Crippen LogP contribution in [-0.4, -0.2) is 23.9 Å². The molecule has 1 aromatic rings. The predicted molar refractivity (Wildman–Crippen MR) is 68.2 cm³/mol. The van der Waals surface area contributed by atoms with Gasteiger partial charge in [0.15, 0.2) is 0 Å². The number of hydrogen-bond donors (Lipinski definition) is 2. The average molecular weight is 235 g/mol. The van der Waals surface area contributed by atoms with Gasteiger partial charge in [-0.1, -0.05) is 18.2 Å². The van der Waals surface area contributed by atoms with Gasteiger partial charge < -0.3 is 15.6 Å². The third-order valence-electron chi connectivity index (χ3n) is 3.59. The number of fused-ring (bicyclic) bond motifs is 1. The van der Waals surface area contributed by atoms with Crippen LogP contribution in [0.4, 0.5) is 0 Å². The fraction of sp³-hybridized carbons (Fsp3) is 0.571. The predicted octanol–water partition coefficient (Wildman–Crippen LogP) is 1.83. The molecule has 3 heteroatoms. The molecule has 1 unspecified atom stereocenters. The summed E-state index contributed by atoms with van der Waals surface area (Å²) >= 11 is 0. The van der Waals surface area contributed by atoms with Gasteiger partial charge in [-0.15, -0.1) is 0 Å². The summed E-state index contributed by atoms with van der Waals surface area (Å²) < 4.78 is 5.99. The Bertz CT molecular complexity index is 403. The molecule has 94 valence electrons. The lowest BCUT2D eigenvalue weighted by Gasteiger charge is -2.45. The lowest BCUT2D eigenvalue weighted by molar-refractivity contribution is 0.0379. The molecule has 0 amide bonds. The summed E-state index contributed by atoms with van der Waals surface area (Å²) in [5, 5.41) is 9.31. The third kappa shape index (κ3) is 2.17. The van der Waals surface area contributed by atoms with Crippen molar-refractivity contribution in [2.45, 2.75) is 37.7 Å². The molecule has 0 radical (unpaired) electrons. The Labute approximate surface area is 103 Å². The smallest absolute Gasteiger partial charge is 0.123 e. The van der Waals surface area contributed by atoms with E-state index in [2.05, 4.69) is 19.9 Å². The number of hydrogen-bond acceptors (Lipinski definition) is 3. The van der Waals surface area contributed by atoms with Gasteiger partial charge in [0.05, 0.1) is 0 Å². The maximum atomic E-state index is 9.31. The van der Waals surface area contributed by atoms with E-state index in [0.29, 0.717) is 13.0 Å². The van der Waals surface area contributed by atoms with Crippen molar-refractivity contribution in [1.29, 1.82) is 0 Å². The highest BCUT2D eigenvalue weighted by molar-refractivity contribution is 5.43. The quantitative estimate of drug-likeness (QED) is 0.840. The molecule has 1 aliphatic heterocycles. The van der Waals surface area contributed by atoms with Crippen molar-refractivity contribution in [2.24, 2.45) is 5.73 Å². The van der Waals surface area contributed by atoms with E-state index in [1.165, 1.54) is 0 Å². The number of aliphatic hydroxyl groups excluding tert-OH is 1. The zero-order valence-electron chi connectivity index (χ0n) is 10.6. The van der Waals surface area contributed by atoms with Gasteiger partial charge in [0.25, 0.3) is 0 Å². The summed E-state index contributed by atoms with van der Waals surface area (Å²) in [4.78, 5) is 0. The van der Waals surface area contributed by atoms with Gasteiger partial charge in [0.1, 0.15) is 11.4 Å². The standard InChI is InChI=1S/C14H21NO2/c1-13(2)9-14(10-15,7-8-16)11-5-3-4-6-12(11)17-13/h3-6,16H,7-10,15H2,1-2H3. The summed E-state index contributed by atoms with van der Waals surface area (Å²) in [6, 6.07) is 8.02. The molecule has 2 rings (SSSR count). The summed E-state index contributed by atoms with van der Waals surface area (Å²) in [6.07, 6.45) is 1.53. The zero-order chi connectivity index (χ0) is 12.5. The van der Waals surface area contributed by atoms with Crippen molar-refractivity contribution in [3.8, 4) is 5.75 Å². The molecule has 0 fully saturated rings. The van der Waals surface area contributed by atoms with Crippen LogP contribution in [0.15, 0.2) is 24.3 Å². The van der Waals surface area contributed by atoms with E-state index in [1.807, 2.05) is 18.2 Å². The van der Waals surface area contributed by atoms with Crippen LogP contribution >= 0.6 is 0 Å². The Morgan fingerprint density at radius 2 is 2.06 bits per heavy atom. The van der Waals surface area contributed by atoms with Crippen LogP contribution in [0.25, 0.3) is 0 Å². The molecule has 3 N–H and O–H groups in total. The summed E-state index contributed by atoms with van der Waals surface area (Å²) in [6.45, 7) is 4.84. The second-order valence-electron chi connectivity index (χ2n) is 5.49. The van der Waals surface area contributed by atoms with Gasteiger partial charge in [-0.2, -0.15) is 0 Å². The van der Waals surface area contributed by atoms with Crippen molar-refractivity contribution in [3.05, 3.63) is 29.8 Å². The van der Waals surface area contributed by atoms with E-state index in [0.717, 1.165) is 17.7 Å². The highest BCUT2D eigenvalue weighted by Gasteiger charge is 2.43. The van der Waals surface area contributed by atoms with Crippen molar-refractivity contribution < 1.29 is 9.84 Å². The normalized spacial score (nSPS) is 26.1. The first kappa shape index (κ1) is 12.4. The lowest BCUT2D eigenvalue weighted by atomic mass is 9.69. The van der Waals surface area contributed by atoms with Gasteiger partial charge in [-0.05, 0) is 32.8 Å². The van der Waals surface area contributed by atoms with Crippen LogP contribution in [-0.2, 0) is 5.41 Å². The SMILES string of the molecule is CC1(C)CC(CN)(CCO)c2ccccc2O1. The molecule has 0 aromatic heterocycles. The van der Waals surface area contributed by atoms with E-state index in [-0.39, 0.29) is 17.6 Å². The Kier molecular flexibility index (Phi) is 3.15. The minimum atomic E-state index is -0.233. The number of para-hydroxylation sites is 1. The second-order valence-corrected chi connectivity index (χ2v) is 5.49. The van der Waals surface area contributed by atoms with Gasteiger partial charge in [0, 0.05) is 24.1 Å². The number of rotatable bonds is 3. The first-order valence-corrected chi connectivity index (χ1v) is 6.12. The first-order chi connectivity index (χ1) is 8.03. The molecule has 0 saturated heterocycles. The first-order valence-electron chi connectivity index (χ1n) is 6.12. The van der Waals surface area contributed by atoms with Crippen molar-refractivity contribution in [1.82, 2.24) is 0 Å². The van der Waals surface area contributed by atoms with Crippen molar-refractivity contribution in [3.63, 3.8) is 0 Å². The molecule has 1 aliphatic rings. The van der Waals surface area contributed by atoms with Crippen LogP contribution in [0.2, 0.25) is 0 Å². The second kappa shape index (κ2) is 4.31. The molecule has 3 nitrogen and oxygen atoms in total. The molecule has 1 heterocycles. The number of aliphatic hydroxyl groups is 1. The molecule has 0 saturated carbocycles. The average Bonchev–Trinajstić information content (AvgIpc) is 2.28. The fourth-order valence-electron chi connectivity index (χ4n) is 2.96. The number of ether oxygens (including phenoxy) is 1. The largest absolute Gasteiger partial charge is 0.488 e. The molecule has 0 aliphatic carbocycles. The van der Waals surface area contributed by atoms with Crippen LogP contribution in [0.5, 0.6) is 5.75 Å². The zero-order valence-corrected chi connectivity index (χ0v) is 10.6. The van der Waals surface area contributed by atoms with Gasteiger partial charge in [0.2, 0.25) is 0 Å². The van der Waals surface area contributed by atoms with E-state index in [4.69, 9.17) is 10.5 Å². The van der Waals surface area contributed by atoms with Crippen molar-refractivity contribution in [2.75, 3.05) is 13.2 Å². The minimum Gasteiger partial charge on any atom is -0.488 e. The minimum absolute atomic E-state index is 0.154. The molecule has 17 heavy (non-hydrogen) atoms. The van der Waals surface area contributed by atoms with Gasteiger partial charge in [-0.25, -0.2) is 0 Å². The maximum Gasteiger partial charge on any atom is 0.123 e. The summed E-state index contributed by atoms with van der Waals surface area (Å²) in [7, 11) is 0. The fourth-order valence-corrected chi connectivity index (χ4v) is 2.96. The molecular weight excluding hydrogens is 214 g/mol. The number of nitrogens with two attached hydrogens (primary N) is 1. The Morgan fingerprint density at radius 3 is 2.71 bits per heavy atom. The Balaban J connectivity index is 2.51. The highest BCUT2D eigenvalue weighted by Crippen LogP contribution is 2.46. The Hall–Kier alpha value is -1.06. The molecule has 1 aromatic carbocycles. The highest BCUT2D eigenvalue weighted by atomic mass is 16.5. The van der Waals surface area contributed by atoms with E-state index in [9.17, 15) is 5.11 Å². The van der Waals surface area contributed by atoms with Gasteiger partial charge in [-0.3, -0.25) is 0 Å². The molecule has 0 spiro atoms. The molecular formula is C14H21NO2. The molecule has 0 bridgehead atoms. The lowest BCUT2D eigenvalue weighted by Crippen LogP contribution is -2.48. The van der Waals surface area contributed by atoms with Crippen LogP contribution in [0, 0.1) is 0 Å².